The Morgan fingerprint density at radius 3 is 2.76 bits per heavy atom. The van der Waals surface area contributed by atoms with Gasteiger partial charge in [-0.3, -0.25) is 9.59 Å². The molecule has 0 spiro atoms. The molecule has 1 saturated heterocycles. The maximum atomic E-state index is 13.8. The van der Waals surface area contributed by atoms with Gasteiger partial charge in [-0.2, -0.15) is 0 Å². The lowest BCUT2D eigenvalue weighted by Crippen LogP contribution is -2.57. The number of carbonyl (C=O) groups is 2. The number of benzene rings is 1. The molecule has 6 nitrogen and oxygen atoms in total. The van der Waals surface area contributed by atoms with Crippen LogP contribution in [0.1, 0.15) is 18.9 Å². The Morgan fingerprint density at radius 1 is 1.40 bits per heavy atom. The first-order valence-corrected chi connectivity index (χ1v) is 8.23. The zero-order chi connectivity index (χ0) is 18.4. The van der Waals surface area contributed by atoms with Gasteiger partial charge >= 0.3 is 0 Å². The van der Waals surface area contributed by atoms with Gasteiger partial charge in [0.05, 0.1) is 26.2 Å². The van der Waals surface area contributed by atoms with E-state index in [1.165, 1.54) is 25.0 Å². The van der Waals surface area contributed by atoms with Crippen LogP contribution in [-0.4, -0.2) is 67.7 Å². The van der Waals surface area contributed by atoms with Crippen molar-refractivity contribution in [1.82, 2.24) is 9.80 Å². The Bertz CT molecular complexity index is 621. The fourth-order valence-electron chi connectivity index (χ4n) is 3.00. The molecular weight excluding hydrogens is 327 g/mol. The summed E-state index contributed by atoms with van der Waals surface area (Å²) < 4.78 is 24.9. The molecule has 2 rings (SSSR count). The molecule has 0 aromatic heterocycles. The largest absolute Gasteiger partial charge is 0.382 e. The minimum atomic E-state index is -0.876. The van der Waals surface area contributed by atoms with Gasteiger partial charge in [0.1, 0.15) is 11.4 Å². The molecule has 0 radical (unpaired) electrons. The molecule has 0 saturated carbocycles. The fourth-order valence-corrected chi connectivity index (χ4v) is 3.00. The van der Waals surface area contributed by atoms with Crippen LogP contribution in [0.25, 0.3) is 0 Å². The van der Waals surface area contributed by atoms with Gasteiger partial charge in [0.25, 0.3) is 0 Å². The number of halogens is 1. The smallest absolute Gasteiger partial charge is 0.225 e. The summed E-state index contributed by atoms with van der Waals surface area (Å²) in [6, 6.07) is 6.37. The highest BCUT2D eigenvalue weighted by Crippen LogP contribution is 2.24. The molecule has 138 valence electrons. The molecule has 1 aliphatic rings. The molecule has 0 unspecified atom stereocenters. The van der Waals surface area contributed by atoms with E-state index in [0.29, 0.717) is 25.3 Å². The summed E-state index contributed by atoms with van der Waals surface area (Å²) in [5.41, 5.74) is -0.423. The maximum Gasteiger partial charge on any atom is 0.225 e. The van der Waals surface area contributed by atoms with E-state index in [2.05, 4.69) is 0 Å². The second kappa shape index (κ2) is 8.40. The molecule has 2 amide bonds. The second-order valence-electron chi connectivity index (χ2n) is 6.42. The van der Waals surface area contributed by atoms with Gasteiger partial charge in [-0.25, -0.2) is 4.39 Å². The third kappa shape index (κ3) is 4.99. The van der Waals surface area contributed by atoms with E-state index >= 15 is 0 Å². The van der Waals surface area contributed by atoms with Crippen molar-refractivity contribution in [2.24, 2.45) is 0 Å². The van der Waals surface area contributed by atoms with Gasteiger partial charge in [0.15, 0.2) is 0 Å². The molecule has 1 aromatic rings. The number of rotatable bonds is 6. The average molecular weight is 352 g/mol. The quantitative estimate of drug-likeness (QED) is 0.777. The third-order valence-corrected chi connectivity index (χ3v) is 4.37. The first kappa shape index (κ1) is 19.3. The van der Waals surface area contributed by atoms with Crippen molar-refractivity contribution < 1.29 is 23.5 Å². The normalized spacial score (nSPS) is 20.4. The first-order valence-electron chi connectivity index (χ1n) is 8.23. The van der Waals surface area contributed by atoms with Crippen LogP contribution in [0.5, 0.6) is 0 Å². The highest BCUT2D eigenvalue weighted by Gasteiger charge is 2.40. The van der Waals surface area contributed by atoms with Crippen molar-refractivity contribution in [3.05, 3.63) is 35.6 Å². The topological polar surface area (TPSA) is 59.1 Å². The molecule has 0 N–H and O–H groups in total. The molecule has 7 heteroatoms. The minimum Gasteiger partial charge on any atom is -0.382 e. The number of hydrogen-bond donors (Lipinski definition) is 0. The van der Waals surface area contributed by atoms with Gasteiger partial charge in [-0.05, 0) is 6.07 Å². The maximum absolute atomic E-state index is 13.8. The van der Waals surface area contributed by atoms with Crippen LogP contribution in [0.3, 0.4) is 0 Å². The number of carbonyl (C=O) groups excluding carboxylic acids is 2. The number of ether oxygens (including phenoxy) is 2. The average Bonchev–Trinajstić information content (AvgIpc) is 2.57. The highest BCUT2D eigenvalue weighted by molar-refractivity contribution is 5.78. The summed E-state index contributed by atoms with van der Waals surface area (Å²) in [4.78, 5) is 27.5. The van der Waals surface area contributed by atoms with E-state index in [0.717, 1.165) is 0 Å². The van der Waals surface area contributed by atoms with E-state index in [-0.39, 0.29) is 37.2 Å². The second-order valence-corrected chi connectivity index (χ2v) is 6.42. The third-order valence-electron chi connectivity index (χ3n) is 4.37. The zero-order valence-electron chi connectivity index (χ0n) is 15.0. The van der Waals surface area contributed by atoms with Crippen molar-refractivity contribution in [2.75, 3.05) is 40.5 Å². The zero-order valence-corrected chi connectivity index (χ0v) is 15.0. The lowest BCUT2D eigenvalue weighted by molar-refractivity contribution is -0.168. The van der Waals surface area contributed by atoms with Crippen LogP contribution in [0, 0.1) is 5.82 Å². The van der Waals surface area contributed by atoms with Crippen LogP contribution in [0.4, 0.5) is 4.39 Å². The van der Waals surface area contributed by atoms with E-state index < -0.39 is 5.60 Å². The molecule has 1 fully saturated rings. The summed E-state index contributed by atoms with van der Waals surface area (Å²) >= 11 is 0. The number of nitrogens with zero attached hydrogens (tertiary/aromatic N) is 2. The Hall–Kier alpha value is -1.99. The van der Waals surface area contributed by atoms with Gasteiger partial charge < -0.3 is 19.3 Å². The number of methoxy groups -OCH3 is 1. The predicted molar refractivity (Wildman–Crippen MR) is 90.3 cm³/mol. The molecule has 1 heterocycles. The van der Waals surface area contributed by atoms with Gasteiger partial charge in [-0.15, -0.1) is 0 Å². The van der Waals surface area contributed by atoms with Crippen molar-refractivity contribution in [2.45, 2.75) is 25.5 Å². The molecule has 0 bridgehead atoms. The van der Waals surface area contributed by atoms with Crippen molar-refractivity contribution in [1.29, 1.82) is 0 Å². The molecule has 1 aromatic carbocycles. The first-order chi connectivity index (χ1) is 11.9. The summed E-state index contributed by atoms with van der Waals surface area (Å²) in [5, 5.41) is 0. The van der Waals surface area contributed by atoms with E-state index in [1.807, 2.05) is 0 Å². The Morgan fingerprint density at radius 2 is 2.12 bits per heavy atom. The standard InChI is InChI=1S/C18H25FN2O4/c1-14(22)21-8-9-25-18(12-21,13-24-3)10-17(23)20(2)11-15-6-4-5-7-16(15)19/h4-7H,8-13H2,1-3H3/t18-/m1/s1. The Balaban J connectivity index is 2.06. The lowest BCUT2D eigenvalue weighted by Gasteiger charge is -2.42. The van der Waals surface area contributed by atoms with Crippen LogP contribution in [-0.2, 0) is 25.6 Å². The van der Waals surface area contributed by atoms with E-state index in [4.69, 9.17) is 9.47 Å². The fraction of sp³-hybridized carbons (Fsp3) is 0.556. The minimum absolute atomic E-state index is 0.0593. The molecular formula is C18H25FN2O4. The van der Waals surface area contributed by atoms with Crippen LogP contribution < -0.4 is 0 Å². The summed E-state index contributed by atoms with van der Waals surface area (Å²) in [6.07, 6.45) is 0.0651. The van der Waals surface area contributed by atoms with Gasteiger partial charge in [0, 0.05) is 39.7 Å². The number of amides is 2. The number of morpholine rings is 1. The van der Waals surface area contributed by atoms with Gasteiger partial charge in [0.2, 0.25) is 11.8 Å². The Labute approximate surface area is 147 Å². The molecule has 1 atom stereocenters. The SMILES string of the molecule is COC[C@@]1(CC(=O)N(C)Cc2ccccc2F)CN(C(C)=O)CCO1. The highest BCUT2D eigenvalue weighted by atomic mass is 19.1. The van der Waals surface area contributed by atoms with Crippen molar-refractivity contribution in [3.8, 4) is 0 Å². The van der Waals surface area contributed by atoms with E-state index in [9.17, 15) is 14.0 Å². The number of hydrogen-bond acceptors (Lipinski definition) is 4. The van der Waals surface area contributed by atoms with Crippen LogP contribution in [0.2, 0.25) is 0 Å². The van der Waals surface area contributed by atoms with E-state index in [1.54, 1.807) is 30.1 Å². The summed E-state index contributed by atoms with van der Waals surface area (Å²) in [5.74, 6) is -0.591. The van der Waals surface area contributed by atoms with Crippen molar-refractivity contribution in [3.63, 3.8) is 0 Å². The molecule has 0 aliphatic carbocycles. The monoisotopic (exact) mass is 352 g/mol. The Kier molecular flexibility index (Phi) is 6.50. The van der Waals surface area contributed by atoms with Crippen molar-refractivity contribution >= 4 is 11.8 Å². The van der Waals surface area contributed by atoms with Gasteiger partial charge in [-0.1, -0.05) is 18.2 Å². The molecule has 1 aliphatic heterocycles. The summed E-state index contributed by atoms with van der Waals surface area (Å²) in [7, 11) is 3.16. The predicted octanol–water partition coefficient (Wildman–Crippen LogP) is 1.44. The van der Waals surface area contributed by atoms with Crippen LogP contribution in [0.15, 0.2) is 24.3 Å². The van der Waals surface area contributed by atoms with Crippen LogP contribution >= 0.6 is 0 Å². The molecule has 25 heavy (non-hydrogen) atoms. The summed E-state index contributed by atoms with van der Waals surface area (Å²) in [6.45, 7) is 3.03. The lowest BCUT2D eigenvalue weighted by atomic mass is 9.96.